The summed E-state index contributed by atoms with van der Waals surface area (Å²) in [5, 5.41) is 3.34. The van der Waals surface area contributed by atoms with Crippen LogP contribution in [0.3, 0.4) is 0 Å². The third kappa shape index (κ3) is 4.62. The molecule has 1 N–H and O–H groups in total. The monoisotopic (exact) mass is 290 g/mol. The van der Waals surface area contributed by atoms with Gasteiger partial charge in [0.25, 0.3) is 0 Å². The van der Waals surface area contributed by atoms with Gasteiger partial charge in [0.2, 0.25) is 5.91 Å². The molecule has 4 nitrogen and oxygen atoms in total. The average molecular weight is 291 g/mol. The normalized spacial score (nSPS) is 28.8. The number of ether oxygens (including phenoxy) is 1. The van der Waals surface area contributed by atoms with Crippen LogP contribution >= 0.6 is 12.4 Å². The van der Waals surface area contributed by atoms with Crippen LogP contribution < -0.4 is 5.32 Å². The van der Waals surface area contributed by atoms with E-state index in [1.165, 1.54) is 0 Å². The zero-order valence-corrected chi connectivity index (χ0v) is 12.9. The van der Waals surface area contributed by atoms with Crippen LogP contribution in [-0.4, -0.2) is 50.2 Å². The van der Waals surface area contributed by atoms with Crippen molar-refractivity contribution in [1.82, 2.24) is 10.2 Å². The van der Waals surface area contributed by atoms with E-state index in [2.05, 4.69) is 12.2 Å². The van der Waals surface area contributed by atoms with Crippen LogP contribution in [0, 0.1) is 11.8 Å². The Labute approximate surface area is 122 Å². The molecule has 2 saturated heterocycles. The second kappa shape index (κ2) is 8.08. The molecule has 0 bridgehead atoms. The molecule has 1 amide bonds. The Morgan fingerprint density at radius 2 is 2.00 bits per heavy atom. The van der Waals surface area contributed by atoms with Crippen molar-refractivity contribution in [2.24, 2.45) is 11.8 Å². The van der Waals surface area contributed by atoms with Gasteiger partial charge in [-0.1, -0.05) is 6.92 Å². The summed E-state index contributed by atoms with van der Waals surface area (Å²) in [6.45, 7) is 6.03. The summed E-state index contributed by atoms with van der Waals surface area (Å²) in [7, 11) is 1.75. The summed E-state index contributed by atoms with van der Waals surface area (Å²) in [6.07, 6.45) is 4.30. The number of carbonyl (C=O) groups excluding carboxylic acids is 1. The molecule has 2 aliphatic heterocycles. The van der Waals surface area contributed by atoms with Gasteiger partial charge in [-0.3, -0.25) is 4.79 Å². The standard InChI is InChI=1S/C14H26N2O2.ClH/c1-11-5-8-16(10-13(11)18-2)14(17)9-12-3-6-15-7-4-12;/h11-13,15H,3-10H2,1-2H3;1H. The Morgan fingerprint density at radius 3 is 2.63 bits per heavy atom. The summed E-state index contributed by atoms with van der Waals surface area (Å²) in [5.74, 6) is 1.48. The van der Waals surface area contributed by atoms with Gasteiger partial charge >= 0.3 is 0 Å². The first-order chi connectivity index (χ1) is 8.70. The third-order valence-electron chi connectivity index (χ3n) is 4.47. The molecule has 5 heteroatoms. The number of hydrogen-bond acceptors (Lipinski definition) is 3. The molecule has 0 saturated carbocycles. The summed E-state index contributed by atoms with van der Waals surface area (Å²) in [5.41, 5.74) is 0. The first-order valence-corrected chi connectivity index (χ1v) is 7.22. The largest absolute Gasteiger partial charge is 0.379 e. The number of hydrogen-bond donors (Lipinski definition) is 1. The molecule has 19 heavy (non-hydrogen) atoms. The molecule has 2 atom stereocenters. The van der Waals surface area contributed by atoms with Crippen molar-refractivity contribution in [2.45, 2.75) is 38.7 Å². The molecule has 2 fully saturated rings. The predicted molar refractivity (Wildman–Crippen MR) is 78.6 cm³/mol. The number of rotatable bonds is 3. The maximum Gasteiger partial charge on any atom is 0.222 e. The number of halogens is 1. The van der Waals surface area contributed by atoms with E-state index in [-0.39, 0.29) is 18.5 Å². The van der Waals surface area contributed by atoms with E-state index in [1.54, 1.807) is 7.11 Å². The molecule has 2 rings (SSSR count). The highest BCUT2D eigenvalue weighted by Gasteiger charge is 2.29. The summed E-state index contributed by atoms with van der Waals surface area (Å²) >= 11 is 0. The summed E-state index contributed by atoms with van der Waals surface area (Å²) in [4.78, 5) is 14.3. The minimum atomic E-state index is 0. The SMILES string of the molecule is COC1CN(C(=O)CC2CCNCC2)CCC1C.Cl. The Kier molecular flexibility index (Phi) is 7.11. The van der Waals surface area contributed by atoms with Crippen molar-refractivity contribution in [1.29, 1.82) is 0 Å². The van der Waals surface area contributed by atoms with Crippen LogP contribution in [0.2, 0.25) is 0 Å². The van der Waals surface area contributed by atoms with Crippen LogP contribution in [0.25, 0.3) is 0 Å². The van der Waals surface area contributed by atoms with Gasteiger partial charge in [-0.15, -0.1) is 12.4 Å². The van der Waals surface area contributed by atoms with Crippen LogP contribution in [0.1, 0.15) is 32.6 Å². The second-order valence-corrected chi connectivity index (χ2v) is 5.78. The maximum atomic E-state index is 12.3. The zero-order chi connectivity index (χ0) is 13.0. The number of amides is 1. The van der Waals surface area contributed by atoms with E-state index in [1.807, 2.05) is 4.90 Å². The lowest BCUT2D eigenvalue weighted by Gasteiger charge is -2.37. The first kappa shape index (κ1) is 16.7. The van der Waals surface area contributed by atoms with Crippen molar-refractivity contribution < 1.29 is 9.53 Å². The fourth-order valence-corrected chi connectivity index (χ4v) is 3.03. The number of piperidine rings is 2. The van der Waals surface area contributed by atoms with E-state index >= 15 is 0 Å². The van der Waals surface area contributed by atoms with Gasteiger partial charge in [0, 0.05) is 26.6 Å². The zero-order valence-electron chi connectivity index (χ0n) is 12.1. The van der Waals surface area contributed by atoms with E-state index < -0.39 is 0 Å². The Morgan fingerprint density at radius 1 is 1.32 bits per heavy atom. The van der Waals surface area contributed by atoms with E-state index in [4.69, 9.17) is 4.74 Å². The van der Waals surface area contributed by atoms with Gasteiger partial charge in [-0.05, 0) is 44.2 Å². The highest BCUT2D eigenvalue weighted by molar-refractivity contribution is 5.85. The number of carbonyl (C=O) groups is 1. The molecule has 112 valence electrons. The Bertz CT molecular complexity index is 283. The molecule has 0 aromatic rings. The molecule has 2 unspecified atom stereocenters. The topological polar surface area (TPSA) is 41.6 Å². The summed E-state index contributed by atoms with van der Waals surface area (Å²) in [6, 6.07) is 0. The lowest BCUT2D eigenvalue weighted by Crippen LogP contribution is -2.47. The van der Waals surface area contributed by atoms with Crippen LogP contribution in [0.5, 0.6) is 0 Å². The number of methoxy groups -OCH3 is 1. The number of nitrogens with one attached hydrogen (secondary N) is 1. The smallest absolute Gasteiger partial charge is 0.222 e. The van der Waals surface area contributed by atoms with Gasteiger partial charge in [-0.25, -0.2) is 0 Å². The molecular formula is C14H27ClN2O2. The second-order valence-electron chi connectivity index (χ2n) is 5.78. The fourth-order valence-electron chi connectivity index (χ4n) is 3.03. The van der Waals surface area contributed by atoms with Gasteiger partial charge in [0.15, 0.2) is 0 Å². The van der Waals surface area contributed by atoms with Crippen LogP contribution in [-0.2, 0) is 9.53 Å². The number of likely N-dealkylation sites (tertiary alicyclic amines) is 1. The molecule has 2 heterocycles. The maximum absolute atomic E-state index is 12.3. The van der Waals surface area contributed by atoms with Crippen LogP contribution in [0.15, 0.2) is 0 Å². The highest BCUT2D eigenvalue weighted by atomic mass is 35.5. The molecule has 0 aromatic heterocycles. The van der Waals surface area contributed by atoms with Crippen molar-refractivity contribution in [3.63, 3.8) is 0 Å². The van der Waals surface area contributed by atoms with Crippen LogP contribution in [0.4, 0.5) is 0 Å². The molecule has 2 aliphatic rings. The quantitative estimate of drug-likeness (QED) is 0.860. The van der Waals surface area contributed by atoms with Crippen molar-refractivity contribution >= 4 is 18.3 Å². The van der Waals surface area contributed by atoms with E-state index in [9.17, 15) is 4.79 Å². The van der Waals surface area contributed by atoms with Gasteiger partial charge in [-0.2, -0.15) is 0 Å². The minimum Gasteiger partial charge on any atom is -0.379 e. The lowest BCUT2D eigenvalue weighted by atomic mass is 9.92. The van der Waals surface area contributed by atoms with E-state index in [0.29, 0.717) is 17.7 Å². The average Bonchev–Trinajstić information content (AvgIpc) is 2.40. The Hall–Kier alpha value is -0.320. The highest BCUT2D eigenvalue weighted by Crippen LogP contribution is 2.22. The predicted octanol–water partition coefficient (Wildman–Crippen LogP) is 1.68. The molecule has 0 aromatic carbocycles. The fraction of sp³-hybridized carbons (Fsp3) is 0.929. The molecule has 0 spiro atoms. The van der Waals surface area contributed by atoms with Crippen molar-refractivity contribution in [3.8, 4) is 0 Å². The minimum absolute atomic E-state index is 0. The molecular weight excluding hydrogens is 264 g/mol. The summed E-state index contributed by atoms with van der Waals surface area (Å²) < 4.78 is 5.47. The van der Waals surface area contributed by atoms with Crippen molar-refractivity contribution in [2.75, 3.05) is 33.3 Å². The van der Waals surface area contributed by atoms with E-state index in [0.717, 1.165) is 51.9 Å². The molecule has 0 aliphatic carbocycles. The lowest BCUT2D eigenvalue weighted by molar-refractivity contribution is -0.137. The van der Waals surface area contributed by atoms with Gasteiger partial charge in [0.05, 0.1) is 6.10 Å². The number of nitrogens with zero attached hydrogens (tertiary/aromatic N) is 1. The Balaban J connectivity index is 0.00000180. The first-order valence-electron chi connectivity index (χ1n) is 7.22. The van der Waals surface area contributed by atoms with Gasteiger partial charge < -0.3 is 15.0 Å². The van der Waals surface area contributed by atoms with Gasteiger partial charge in [0.1, 0.15) is 0 Å². The molecule has 0 radical (unpaired) electrons. The third-order valence-corrected chi connectivity index (χ3v) is 4.47. The van der Waals surface area contributed by atoms with Crippen molar-refractivity contribution in [3.05, 3.63) is 0 Å².